The third kappa shape index (κ3) is 4.04. The van der Waals surface area contributed by atoms with E-state index in [4.69, 9.17) is 10.2 Å². The molecule has 4 rings (SSSR count). The molecule has 29 heavy (non-hydrogen) atoms. The van der Waals surface area contributed by atoms with Crippen molar-refractivity contribution in [2.24, 2.45) is 0 Å². The predicted octanol–water partition coefficient (Wildman–Crippen LogP) is 3.92. The molecule has 1 heterocycles. The first-order valence-electron chi connectivity index (χ1n) is 10.7. The molecule has 5 heteroatoms. The van der Waals surface area contributed by atoms with Crippen LogP contribution in [0.3, 0.4) is 0 Å². The summed E-state index contributed by atoms with van der Waals surface area (Å²) in [6.45, 7) is 2.21. The fourth-order valence-electron chi connectivity index (χ4n) is 4.56. The smallest absolute Gasteiger partial charge is 0.207 e. The summed E-state index contributed by atoms with van der Waals surface area (Å²) in [6.07, 6.45) is 11.3. The lowest BCUT2D eigenvalue weighted by Crippen LogP contribution is -2.99. The number of allylic oxidation sites excluding steroid dienone is 1. The van der Waals surface area contributed by atoms with Crippen molar-refractivity contribution < 1.29 is 15.2 Å². The normalized spacial score (nSPS) is 18.4. The van der Waals surface area contributed by atoms with Gasteiger partial charge in [0, 0.05) is 23.4 Å². The summed E-state index contributed by atoms with van der Waals surface area (Å²) in [5, 5.41) is 19.1. The van der Waals surface area contributed by atoms with E-state index in [1.165, 1.54) is 23.1 Å². The summed E-state index contributed by atoms with van der Waals surface area (Å²) in [6, 6.07) is 6.67. The van der Waals surface area contributed by atoms with Gasteiger partial charge in [-0.05, 0) is 91.8 Å². The number of unbranched alkanes of at least 4 members (excludes halogenated alkanes) is 1. The number of nitrogens with zero attached hydrogens (tertiary/aromatic N) is 1. The van der Waals surface area contributed by atoms with Gasteiger partial charge in [0.25, 0.3) is 0 Å². The van der Waals surface area contributed by atoms with Crippen LogP contribution in [-0.4, -0.2) is 16.0 Å². The maximum Gasteiger partial charge on any atom is 0.207 e. The monoisotopic (exact) mass is 392 g/mol. The quantitative estimate of drug-likeness (QED) is 0.597. The zero-order valence-electron chi connectivity index (χ0n) is 17.0. The fraction of sp³-hybridized carbons (Fsp3) is 0.417. The van der Waals surface area contributed by atoms with Gasteiger partial charge in [0.15, 0.2) is 5.69 Å². The zero-order chi connectivity index (χ0) is 20.4. The van der Waals surface area contributed by atoms with Crippen molar-refractivity contribution in [1.82, 2.24) is 4.98 Å². The number of hydrogen-bond acceptors (Lipinski definition) is 4. The maximum atomic E-state index is 13.3. The number of carbonyl (C=O) groups excluding carboxylic acids is 1. The van der Waals surface area contributed by atoms with E-state index >= 15 is 0 Å². The van der Waals surface area contributed by atoms with Gasteiger partial charge in [0.2, 0.25) is 5.78 Å². The van der Waals surface area contributed by atoms with Gasteiger partial charge in [0.05, 0.1) is 0 Å². The van der Waals surface area contributed by atoms with Crippen molar-refractivity contribution in [3.8, 4) is 0 Å². The summed E-state index contributed by atoms with van der Waals surface area (Å²) in [5.74, 6) is 0.0414. The number of hydrogen-bond donors (Lipinski definition) is 2. The van der Waals surface area contributed by atoms with Crippen molar-refractivity contribution in [3.05, 3.63) is 68.7 Å². The maximum absolute atomic E-state index is 13.3. The van der Waals surface area contributed by atoms with Crippen LogP contribution in [0.25, 0.3) is 6.08 Å². The van der Waals surface area contributed by atoms with Gasteiger partial charge >= 0.3 is 0 Å². The highest BCUT2D eigenvalue weighted by Crippen LogP contribution is 2.34. The second kappa shape index (κ2) is 8.57. The zero-order valence-corrected chi connectivity index (χ0v) is 17.0. The average molecular weight is 392 g/mol. The molecule has 0 saturated heterocycles. The number of carbonyl (C=O) groups is 1. The minimum absolute atomic E-state index is 0.0414. The molecule has 0 fully saturated rings. The van der Waals surface area contributed by atoms with Gasteiger partial charge in [0.1, 0.15) is 5.69 Å². The largest absolute Gasteiger partial charge is 0.595 e. The van der Waals surface area contributed by atoms with Gasteiger partial charge in [-0.15, -0.1) is 0 Å². The molecule has 0 bridgehead atoms. The van der Waals surface area contributed by atoms with Crippen LogP contribution in [0.2, 0.25) is 0 Å². The highest BCUT2D eigenvalue weighted by molar-refractivity contribution is 6.12. The predicted molar refractivity (Wildman–Crippen MR) is 112 cm³/mol. The number of nitrogens with one attached hydrogen (secondary N) is 1. The van der Waals surface area contributed by atoms with Gasteiger partial charge < -0.3 is 5.21 Å². The third-order valence-corrected chi connectivity index (χ3v) is 6.13. The minimum atomic E-state index is -0.944. The number of Topliss-reactive ketones (excluding diaryl/α,β-unsaturated/α-hetero) is 1. The molecule has 2 aliphatic rings. The van der Waals surface area contributed by atoms with E-state index in [1.54, 1.807) is 24.3 Å². The van der Waals surface area contributed by atoms with Crippen molar-refractivity contribution in [3.63, 3.8) is 0 Å². The Morgan fingerprint density at radius 2 is 1.86 bits per heavy atom. The molecular weight excluding hydrogens is 364 g/mol. The van der Waals surface area contributed by atoms with E-state index in [2.05, 4.69) is 6.92 Å². The lowest BCUT2D eigenvalue weighted by molar-refractivity contribution is -0.991. The van der Waals surface area contributed by atoms with Crippen LogP contribution in [0.15, 0.2) is 29.8 Å². The molecule has 0 saturated carbocycles. The molecule has 2 aromatic rings. The number of rotatable bonds is 5. The van der Waals surface area contributed by atoms with E-state index in [9.17, 15) is 10.0 Å². The Bertz CT molecular complexity index is 946. The van der Waals surface area contributed by atoms with Gasteiger partial charge in [-0.1, -0.05) is 13.3 Å². The summed E-state index contributed by atoms with van der Waals surface area (Å²) < 4.78 is 0. The Labute approximate surface area is 171 Å². The first-order valence-corrected chi connectivity index (χ1v) is 10.7. The van der Waals surface area contributed by atoms with E-state index < -0.39 is 5.23 Å². The second-order valence-electron chi connectivity index (χ2n) is 8.08. The van der Waals surface area contributed by atoms with Crippen LogP contribution in [0.5, 0.6) is 0 Å². The Kier molecular flexibility index (Phi) is 5.90. The molecule has 1 aromatic carbocycles. The lowest BCUT2D eigenvalue weighted by Gasteiger charge is -2.27. The molecular formula is C24H28N2O3. The topological polar surface area (TPSA) is 77.7 Å². The van der Waals surface area contributed by atoms with Crippen molar-refractivity contribution in [1.29, 1.82) is 0 Å². The first-order chi connectivity index (χ1) is 14.1. The Morgan fingerprint density at radius 1 is 1.10 bits per heavy atom. The molecule has 152 valence electrons. The molecule has 0 amide bonds. The van der Waals surface area contributed by atoms with E-state index in [-0.39, 0.29) is 11.5 Å². The van der Waals surface area contributed by atoms with Gasteiger partial charge in [-0.2, -0.15) is 5.23 Å². The van der Waals surface area contributed by atoms with Crippen LogP contribution in [0.1, 0.15) is 77.5 Å². The van der Waals surface area contributed by atoms with E-state index in [1.807, 2.05) is 6.08 Å². The number of pyridine rings is 1. The highest BCUT2D eigenvalue weighted by Gasteiger charge is 2.29. The summed E-state index contributed by atoms with van der Waals surface area (Å²) >= 11 is 0. The molecule has 0 radical (unpaired) electrons. The number of aryl methyl sites for hydroxylation is 1. The molecule has 1 atom stereocenters. The van der Waals surface area contributed by atoms with E-state index in [0.717, 1.165) is 61.8 Å². The lowest BCUT2D eigenvalue weighted by atomic mass is 9.80. The van der Waals surface area contributed by atoms with Crippen LogP contribution in [0.4, 0.5) is 5.69 Å². The third-order valence-electron chi connectivity index (χ3n) is 6.13. The molecule has 1 aromatic heterocycles. The number of benzene rings is 1. The fourth-order valence-corrected chi connectivity index (χ4v) is 4.56. The van der Waals surface area contributed by atoms with Crippen molar-refractivity contribution in [2.75, 3.05) is 0 Å². The average Bonchev–Trinajstić information content (AvgIpc) is 2.74. The standard InChI is InChI=1S/C24H28N2O3/c1-2-3-6-19-20-7-4-5-8-22(20)25-23-21(19)14-11-17(24(23)27)15-16-9-12-18(13-10-16)26(28)29/h9-10,12-13,15,26,28H,2-8,11,14H2,1H3/b17-15+. The number of ketones is 1. The van der Waals surface area contributed by atoms with Gasteiger partial charge in [-0.25, -0.2) is 10.2 Å². The van der Waals surface area contributed by atoms with Crippen LogP contribution in [-0.2, 0) is 25.7 Å². The summed E-state index contributed by atoms with van der Waals surface area (Å²) in [5.41, 5.74) is 7.69. The van der Waals surface area contributed by atoms with Crippen molar-refractivity contribution >= 4 is 17.5 Å². The molecule has 2 N–H and O–H groups in total. The summed E-state index contributed by atoms with van der Waals surface area (Å²) in [4.78, 5) is 18.1. The number of quaternary nitrogens is 1. The molecule has 0 spiro atoms. The molecule has 2 aliphatic carbocycles. The second-order valence-corrected chi connectivity index (χ2v) is 8.08. The Balaban J connectivity index is 1.69. The van der Waals surface area contributed by atoms with Crippen LogP contribution in [0, 0.1) is 5.21 Å². The van der Waals surface area contributed by atoms with Gasteiger partial charge in [-0.3, -0.25) is 4.79 Å². The minimum Gasteiger partial charge on any atom is -0.595 e. The molecule has 1 unspecified atom stereocenters. The Hall–Kier alpha value is -2.34. The Morgan fingerprint density at radius 3 is 2.59 bits per heavy atom. The van der Waals surface area contributed by atoms with Crippen LogP contribution >= 0.6 is 0 Å². The number of aromatic nitrogens is 1. The van der Waals surface area contributed by atoms with Crippen LogP contribution < -0.4 is 5.23 Å². The number of fused-ring (bicyclic) bond motifs is 2. The molecule has 5 nitrogen and oxygen atoms in total. The van der Waals surface area contributed by atoms with E-state index in [0.29, 0.717) is 12.1 Å². The van der Waals surface area contributed by atoms with Crippen molar-refractivity contribution in [2.45, 2.75) is 64.7 Å². The summed E-state index contributed by atoms with van der Waals surface area (Å²) in [7, 11) is 0. The molecule has 0 aliphatic heterocycles. The highest BCUT2D eigenvalue weighted by atomic mass is 16.8. The SMILES string of the molecule is CCCCc1c2c(nc3c1CC/C(=C\c1ccc([NH+]([O-])O)cc1)C3=O)CCCC2. The first kappa shape index (κ1) is 20.0.